The average molecular weight is 378 g/mol. The Hall–Kier alpha value is -1.40. The van der Waals surface area contributed by atoms with Gasteiger partial charge < -0.3 is 19.3 Å². The number of carbonyl (C=O) groups is 2. The van der Waals surface area contributed by atoms with Crippen molar-refractivity contribution in [3.05, 3.63) is 12.2 Å². The number of rotatable bonds is 3. The summed E-state index contributed by atoms with van der Waals surface area (Å²) >= 11 is 0. The Morgan fingerprint density at radius 2 is 2.11 bits per heavy atom. The fraction of sp³-hybridized carbons (Fsp3) is 0.810. The highest BCUT2D eigenvalue weighted by Crippen LogP contribution is 2.68. The van der Waals surface area contributed by atoms with Gasteiger partial charge in [-0.25, -0.2) is 0 Å². The lowest BCUT2D eigenvalue weighted by molar-refractivity contribution is -0.192. The maximum absolute atomic E-state index is 12.5. The van der Waals surface area contributed by atoms with Crippen LogP contribution < -0.4 is 0 Å². The van der Waals surface area contributed by atoms with E-state index in [1.165, 1.54) is 0 Å². The minimum Gasteiger partial charge on any atom is -0.457 e. The second kappa shape index (κ2) is 5.80. The predicted molar refractivity (Wildman–Crippen MR) is 96.3 cm³/mol. The fourth-order valence-electron chi connectivity index (χ4n) is 5.37. The zero-order chi connectivity index (χ0) is 19.8. The van der Waals surface area contributed by atoms with Crippen LogP contribution in [0.25, 0.3) is 0 Å². The lowest BCUT2D eigenvalue weighted by Crippen LogP contribution is -2.58. The molecular formula is C21H30O6. The highest BCUT2D eigenvalue weighted by Gasteiger charge is 2.69. The van der Waals surface area contributed by atoms with Crippen LogP contribution in [0.2, 0.25) is 0 Å². The molecule has 150 valence electrons. The highest BCUT2D eigenvalue weighted by atomic mass is 16.7. The largest absolute Gasteiger partial charge is 0.457 e. The zero-order valence-electron chi connectivity index (χ0n) is 16.6. The summed E-state index contributed by atoms with van der Waals surface area (Å²) in [5.41, 5.74) is -0.0661. The molecule has 4 fully saturated rings. The third-order valence-corrected chi connectivity index (χ3v) is 7.72. The number of esters is 2. The molecule has 2 heterocycles. The number of hydrogen-bond acceptors (Lipinski definition) is 6. The van der Waals surface area contributed by atoms with E-state index in [4.69, 9.17) is 14.2 Å². The summed E-state index contributed by atoms with van der Waals surface area (Å²) in [5.74, 6) is -0.878. The Kier molecular flexibility index (Phi) is 4.07. The Morgan fingerprint density at radius 3 is 2.67 bits per heavy atom. The van der Waals surface area contributed by atoms with Gasteiger partial charge in [-0.05, 0) is 51.0 Å². The van der Waals surface area contributed by atoms with E-state index in [1.807, 2.05) is 6.92 Å². The second-order valence-electron chi connectivity index (χ2n) is 9.72. The van der Waals surface area contributed by atoms with Crippen LogP contribution >= 0.6 is 0 Å². The van der Waals surface area contributed by atoms with Gasteiger partial charge in [-0.1, -0.05) is 13.5 Å². The molecule has 0 aromatic rings. The second-order valence-corrected chi connectivity index (χ2v) is 9.72. The van der Waals surface area contributed by atoms with Crippen molar-refractivity contribution in [1.82, 2.24) is 0 Å². The minimum absolute atomic E-state index is 0.0515. The average Bonchev–Trinajstić information content (AvgIpc) is 3.10. The Morgan fingerprint density at radius 1 is 1.41 bits per heavy atom. The van der Waals surface area contributed by atoms with E-state index in [-0.39, 0.29) is 29.3 Å². The Labute approximate surface area is 160 Å². The van der Waals surface area contributed by atoms with Crippen molar-refractivity contribution in [3.8, 4) is 0 Å². The molecule has 4 rings (SSSR count). The fourth-order valence-corrected chi connectivity index (χ4v) is 5.37. The van der Waals surface area contributed by atoms with E-state index in [0.717, 1.165) is 18.4 Å². The van der Waals surface area contributed by atoms with Gasteiger partial charge in [0.05, 0.1) is 24.0 Å². The van der Waals surface area contributed by atoms with Crippen LogP contribution in [0.5, 0.6) is 0 Å². The maximum Gasteiger partial charge on any atom is 0.314 e. The van der Waals surface area contributed by atoms with Crippen molar-refractivity contribution in [2.24, 2.45) is 28.6 Å². The normalized spacial score (nSPS) is 44.3. The number of aliphatic hydroxyl groups excluding tert-OH is 1. The van der Waals surface area contributed by atoms with E-state index in [0.29, 0.717) is 25.4 Å². The summed E-state index contributed by atoms with van der Waals surface area (Å²) in [6.45, 7) is 11.7. The maximum atomic E-state index is 12.5. The van der Waals surface area contributed by atoms with E-state index in [2.05, 4.69) is 6.58 Å². The number of aliphatic hydroxyl groups is 1. The predicted octanol–water partition coefficient (Wildman–Crippen LogP) is 2.59. The third-order valence-electron chi connectivity index (χ3n) is 7.72. The first-order valence-corrected chi connectivity index (χ1v) is 9.95. The molecule has 2 saturated carbocycles. The molecular weight excluding hydrogens is 348 g/mol. The molecule has 2 aliphatic carbocycles. The minimum atomic E-state index is -0.950. The molecule has 0 aromatic carbocycles. The van der Waals surface area contributed by atoms with Gasteiger partial charge in [0.2, 0.25) is 5.79 Å². The first-order valence-electron chi connectivity index (χ1n) is 9.95. The lowest BCUT2D eigenvalue weighted by Gasteiger charge is -2.60. The number of ether oxygens (including phenoxy) is 3. The van der Waals surface area contributed by atoms with Gasteiger partial charge in [0.25, 0.3) is 0 Å². The van der Waals surface area contributed by atoms with Gasteiger partial charge in [0, 0.05) is 18.3 Å². The summed E-state index contributed by atoms with van der Waals surface area (Å²) < 4.78 is 17.4. The molecule has 1 N–H and O–H groups in total. The Bertz CT molecular complexity index is 697. The summed E-state index contributed by atoms with van der Waals surface area (Å²) in [4.78, 5) is 24.4. The van der Waals surface area contributed by atoms with Crippen LogP contribution in [0.3, 0.4) is 0 Å². The molecule has 27 heavy (non-hydrogen) atoms. The van der Waals surface area contributed by atoms with Gasteiger partial charge in [0.1, 0.15) is 6.10 Å². The van der Waals surface area contributed by atoms with E-state index < -0.39 is 23.3 Å². The zero-order valence-corrected chi connectivity index (χ0v) is 16.6. The van der Waals surface area contributed by atoms with Crippen LogP contribution in [-0.2, 0) is 23.8 Å². The van der Waals surface area contributed by atoms with Crippen molar-refractivity contribution in [2.75, 3.05) is 6.61 Å². The quantitative estimate of drug-likeness (QED) is 0.600. The molecule has 0 radical (unpaired) electrons. The van der Waals surface area contributed by atoms with Crippen molar-refractivity contribution in [3.63, 3.8) is 0 Å². The van der Waals surface area contributed by atoms with Gasteiger partial charge in [-0.2, -0.15) is 0 Å². The summed E-state index contributed by atoms with van der Waals surface area (Å²) in [7, 11) is 0. The van der Waals surface area contributed by atoms with E-state index >= 15 is 0 Å². The summed E-state index contributed by atoms with van der Waals surface area (Å²) in [6.07, 6.45) is 1.97. The van der Waals surface area contributed by atoms with Crippen LogP contribution in [0, 0.1) is 28.6 Å². The molecule has 0 amide bonds. The molecule has 2 spiro atoms. The lowest BCUT2D eigenvalue weighted by atomic mass is 9.44. The highest BCUT2D eigenvalue weighted by molar-refractivity contribution is 5.77. The van der Waals surface area contributed by atoms with Crippen molar-refractivity contribution in [2.45, 2.75) is 71.4 Å². The SMILES string of the molecule is C=C1[C@H]2C[C@@H](C[C@H]1OC(=O)C(C)(C)C(C)O)[C@@]21CO[C@]2(C[C@@H](C)C(=O)O2)C1. The molecule has 6 heteroatoms. The molecule has 6 nitrogen and oxygen atoms in total. The van der Waals surface area contributed by atoms with Crippen LogP contribution in [-0.4, -0.2) is 41.6 Å². The van der Waals surface area contributed by atoms with Gasteiger partial charge in [-0.15, -0.1) is 0 Å². The molecule has 2 bridgehead atoms. The van der Waals surface area contributed by atoms with Gasteiger partial charge in [0.15, 0.2) is 0 Å². The molecule has 2 aliphatic heterocycles. The Balaban J connectivity index is 1.46. The van der Waals surface area contributed by atoms with Crippen molar-refractivity contribution < 1.29 is 28.9 Å². The molecule has 2 saturated heterocycles. The monoisotopic (exact) mass is 378 g/mol. The number of carbonyl (C=O) groups excluding carboxylic acids is 2. The standard InChI is InChI=1S/C21H30O6/c1-11-8-21(27-17(11)23)9-20(10-25-21)14-6-15(20)12(2)16(7-14)26-18(24)19(4,5)13(3)22/h11,13-16,22H,2,6-10H2,1,3-5H3/t11-,13?,14+,15-,16-,20-,21+/m1/s1. The van der Waals surface area contributed by atoms with Gasteiger partial charge in [-0.3, -0.25) is 9.59 Å². The third kappa shape index (κ3) is 2.59. The van der Waals surface area contributed by atoms with Crippen molar-refractivity contribution in [1.29, 1.82) is 0 Å². The first-order chi connectivity index (χ1) is 12.5. The number of hydrogen-bond donors (Lipinski definition) is 1. The summed E-state index contributed by atoms with van der Waals surface area (Å²) in [6, 6.07) is 0. The van der Waals surface area contributed by atoms with Crippen molar-refractivity contribution >= 4 is 11.9 Å². The van der Waals surface area contributed by atoms with Crippen LogP contribution in [0.1, 0.15) is 53.4 Å². The van der Waals surface area contributed by atoms with Crippen LogP contribution in [0.4, 0.5) is 0 Å². The molecule has 1 unspecified atom stereocenters. The van der Waals surface area contributed by atoms with E-state index in [9.17, 15) is 14.7 Å². The van der Waals surface area contributed by atoms with Crippen LogP contribution in [0.15, 0.2) is 12.2 Å². The summed E-state index contributed by atoms with van der Waals surface area (Å²) in [5, 5.41) is 9.85. The molecule has 7 atom stereocenters. The first kappa shape index (κ1) is 18.9. The van der Waals surface area contributed by atoms with E-state index in [1.54, 1.807) is 20.8 Å². The smallest absolute Gasteiger partial charge is 0.314 e. The molecule has 4 aliphatic rings. The van der Waals surface area contributed by atoms with Gasteiger partial charge >= 0.3 is 11.9 Å². The topological polar surface area (TPSA) is 82.1 Å². The molecule has 0 aromatic heterocycles. The number of fused-ring (bicyclic) bond motifs is 4.